The highest BCUT2D eigenvalue weighted by atomic mass is 32.2. The summed E-state index contributed by atoms with van der Waals surface area (Å²) in [5.41, 5.74) is 4.54. The van der Waals surface area contributed by atoms with Crippen LogP contribution in [0.3, 0.4) is 0 Å². The molecule has 0 fully saturated rings. The second-order valence-corrected chi connectivity index (χ2v) is 8.22. The molecule has 0 bridgehead atoms. The van der Waals surface area contributed by atoms with Crippen molar-refractivity contribution >= 4 is 27.5 Å². The number of benzene rings is 2. The van der Waals surface area contributed by atoms with Crippen molar-refractivity contribution in [3.05, 3.63) is 69.3 Å². The average molecular weight is 434 g/mol. The van der Waals surface area contributed by atoms with Gasteiger partial charge in [-0.2, -0.15) is 4.31 Å². The third kappa shape index (κ3) is 4.99. The zero-order valence-electron chi connectivity index (χ0n) is 16.7. The van der Waals surface area contributed by atoms with Crippen LogP contribution in [-0.4, -0.2) is 42.6 Å². The van der Waals surface area contributed by atoms with Gasteiger partial charge in [0.1, 0.15) is 0 Å². The van der Waals surface area contributed by atoms with Gasteiger partial charge in [-0.25, -0.2) is 8.42 Å². The van der Waals surface area contributed by atoms with Gasteiger partial charge in [-0.05, 0) is 31.2 Å². The molecule has 2 N–H and O–H groups in total. The number of nitrogens with zero attached hydrogens (tertiary/aromatic N) is 2. The van der Waals surface area contributed by atoms with E-state index in [1.807, 2.05) is 0 Å². The van der Waals surface area contributed by atoms with E-state index in [4.69, 9.17) is 0 Å². The second-order valence-electron chi connectivity index (χ2n) is 6.28. The molecule has 0 saturated carbocycles. The quantitative estimate of drug-likeness (QED) is 0.505. The summed E-state index contributed by atoms with van der Waals surface area (Å²) in [5.74, 6) is -1.49. The predicted molar refractivity (Wildman–Crippen MR) is 109 cm³/mol. The Labute approximate surface area is 174 Å². The van der Waals surface area contributed by atoms with Crippen LogP contribution in [0.15, 0.2) is 47.4 Å². The van der Waals surface area contributed by atoms with Crippen molar-refractivity contribution in [3.8, 4) is 0 Å². The highest BCUT2D eigenvalue weighted by molar-refractivity contribution is 7.89. The van der Waals surface area contributed by atoms with Crippen molar-refractivity contribution in [2.75, 3.05) is 13.1 Å². The number of hydrogen-bond donors (Lipinski definition) is 2. The topological polar surface area (TPSA) is 139 Å². The highest BCUT2D eigenvalue weighted by Gasteiger charge is 2.23. The first-order chi connectivity index (χ1) is 14.1. The minimum atomic E-state index is -3.75. The molecular formula is C19H22N4O6S. The van der Waals surface area contributed by atoms with Crippen LogP contribution in [0, 0.1) is 17.0 Å². The zero-order chi connectivity index (χ0) is 22.5. The summed E-state index contributed by atoms with van der Waals surface area (Å²) >= 11 is 0. The summed E-state index contributed by atoms with van der Waals surface area (Å²) in [7, 11) is -3.75. The molecule has 10 nitrogen and oxygen atoms in total. The highest BCUT2D eigenvalue weighted by Crippen LogP contribution is 2.19. The lowest BCUT2D eigenvalue weighted by Gasteiger charge is -2.18. The maximum atomic E-state index is 12.6. The van der Waals surface area contributed by atoms with E-state index in [0.29, 0.717) is 5.56 Å². The normalized spacial score (nSPS) is 11.2. The molecule has 30 heavy (non-hydrogen) atoms. The fraction of sp³-hybridized carbons (Fsp3) is 0.263. The number of amides is 2. The van der Waals surface area contributed by atoms with Crippen LogP contribution in [0.2, 0.25) is 0 Å². The van der Waals surface area contributed by atoms with E-state index in [1.54, 1.807) is 20.8 Å². The van der Waals surface area contributed by atoms with E-state index in [9.17, 15) is 28.1 Å². The molecule has 2 rings (SSSR count). The number of carbonyl (C=O) groups excluding carboxylic acids is 2. The predicted octanol–water partition coefficient (Wildman–Crippen LogP) is 2.01. The van der Waals surface area contributed by atoms with Gasteiger partial charge in [0.05, 0.1) is 9.82 Å². The summed E-state index contributed by atoms with van der Waals surface area (Å²) in [5, 5.41) is 11.0. The molecule has 0 spiro atoms. The number of nitro groups is 1. The molecule has 2 aromatic carbocycles. The first-order valence-corrected chi connectivity index (χ1v) is 10.5. The van der Waals surface area contributed by atoms with E-state index >= 15 is 0 Å². The van der Waals surface area contributed by atoms with E-state index in [1.165, 1.54) is 40.7 Å². The van der Waals surface area contributed by atoms with Crippen LogP contribution >= 0.6 is 0 Å². The first-order valence-electron chi connectivity index (χ1n) is 9.07. The summed E-state index contributed by atoms with van der Waals surface area (Å²) in [4.78, 5) is 34.9. The maximum absolute atomic E-state index is 12.6. The van der Waals surface area contributed by atoms with E-state index in [2.05, 4.69) is 10.9 Å². The molecule has 0 heterocycles. The Morgan fingerprint density at radius 3 is 2.10 bits per heavy atom. The monoisotopic (exact) mass is 434 g/mol. The summed E-state index contributed by atoms with van der Waals surface area (Å²) in [6, 6.07) is 9.35. The molecule has 11 heteroatoms. The molecule has 0 aromatic heterocycles. The van der Waals surface area contributed by atoms with Gasteiger partial charge in [0, 0.05) is 35.8 Å². The van der Waals surface area contributed by atoms with Gasteiger partial charge in [0.15, 0.2) is 0 Å². The van der Waals surface area contributed by atoms with Gasteiger partial charge in [-0.15, -0.1) is 0 Å². The van der Waals surface area contributed by atoms with E-state index < -0.39 is 26.8 Å². The lowest BCUT2D eigenvalue weighted by molar-refractivity contribution is -0.385. The SMILES string of the molecule is CCN(CC)S(=O)(=O)c1cccc(C(=O)NNC(=O)c2ccc(C)c([N+](=O)[O-])c2)c1. The minimum absolute atomic E-state index is 0.00883. The lowest BCUT2D eigenvalue weighted by atomic mass is 10.1. The van der Waals surface area contributed by atoms with Crippen molar-refractivity contribution < 1.29 is 22.9 Å². The average Bonchev–Trinajstić information content (AvgIpc) is 2.72. The maximum Gasteiger partial charge on any atom is 0.273 e. The Morgan fingerprint density at radius 2 is 1.57 bits per heavy atom. The fourth-order valence-corrected chi connectivity index (χ4v) is 4.22. The number of rotatable bonds is 7. The van der Waals surface area contributed by atoms with Crippen molar-refractivity contribution in [2.24, 2.45) is 0 Å². The summed E-state index contributed by atoms with van der Waals surface area (Å²) in [6.45, 7) is 5.54. The molecule has 0 radical (unpaired) electrons. The molecule has 0 aliphatic rings. The van der Waals surface area contributed by atoms with Gasteiger partial charge < -0.3 is 0 Å². The molecule has 0 saturated heterocycles. The molecule has 160 valence electrons. The number of sulfonamides is 1. The number of carbonyl (C=O) groups is 2. The van der Waals surface area contributed by atoms with Crippen LogP contribution in [0.5, 0.6) is 0 Å². The molecule has 0 unspecified atom stereocenters. The molecule has 0 aliphatic carbocycles. The first kappa shape index (κ1) is 23.0. The molecule has 0 aliphatic heterocycles. The number of nitrogens with one attached hydrogen (secondary N) is 2. The van der Waals surface area contributed by atoms with Crippen LogP contribution in [-0.2, 0) is 10.0 Å². The third-order valence-corrected chi connectivity index (χ3v) is 6.44. The van der Waals surface area contributed by atoms with Crippen LogP contribution < -0.4 is 10.9 Å². The van der Waals surface area contributed by atoms with Crippen molar-refractivity contribution in [3.63, 3.8) is 0 Å². The van der Waals surface area contributed by atoms with Crippen molar-refractivity contribution in [1.29, 1.82) is 0 Å². The Balaban J connectivity index is 2.15. The zero-order valence-corrected chi connectivity index (χ0v) is 17.5. The third-order valence-electron chi connectivity index (χ3n) is 4.40. The largest absolute Gasteiger partial charge is 0.273 e. The molecular weight excluding hydrogens is 412 g/mol. The number of aryl methyl sites for hydroxylation is 1. The Kier molecular flexibility index (Phi) is 7.24. The Bertz CT molecular complexity index is 1080. The summed E-state index contributed by atoms with van der Waals surface area (Å²) in [6.07, 6.45) is 0. The smallest absolute Gasteiger partial charge is 0.267 e. The fourth-order valence-electron chi connectivity index (χ4n) is 2.72. The minimum Gasteiger partial charge on any atom is -0.267 e. The molecule has 0 atom stereocenters. The van der Waals surface area contributed by atoms with Gasteiger partial charge in [-0.3, -0.25) is 30.6 Å². The van der Waals surface area contributed by atoms with E-state index in [0.717, 1.165) is 6.07 Å². The lowest BCUT2D eigenvalue weighted by Crippen LogP contribution is -2.41. The number of hydrazine groups is 1. The Morgan fingerprint density at radius 1 is 1.00 bits per heavy atom. The summed E-state index contributed by atoms with van der Waals surface area (Å²) < 4.78 is 26.5. The van der Waals surface area contributed by atoms with Crippen LogP contribution in [0.1, 0.15) is 40.1 Å². The second kappa shape index (κ2) is 9.46. The van der Waals surface area contributed by atoms with Gasteiger partial charge >= 0.3 is 0 Å². The van der Waals surface area contributed by atoms with Crippen LogP contribution in [0.4, 0.5) is 5.69 Å². The van der Waals surface area contributed by atoms with Gasteiger partial charge in [-0.1, -0.05) is 26.0 Å². The van der Waals surface area contributed by atoms with Gasteiger partial charge in [0.2, 0.25) is 10.0 Å². The van der Waals surface area contributed by atoms with Gasteiger partial charge in [0.25, 0.3) is 17.5 Å². The van der Waals surface area contributed by atoms with Crippen LogP contribution in [0.25, 0.3) is 0 Å². The van der Waals surface area contributed by atoms with Crippen molar-refractivity contribution in [2.45, 2.75) is 25.7 Å². The molecule has 2 aromatic rings. The standard InChI is InChI=1S/C19H22N4O6S/c1-4-22(5-2)30(28,29)16-8-6-7-14(11-16)18(24)20-21-19(25)15-10-9-13(3)17(12-15)23(26)27/h6-12H,4-5H2,1-3H3,(H,20,24)(H,21,25). The molecule has 2 amide bonds. The van der Waals surface area contributed by atoms with E-state index in [-0.39, 0.29) is 34.8 Å². The number of nitro benzene ring substituents is 1. The van der Waals surface area contributed by atoms with Crippen molar-refractivity contribution in [1.82, 2.24) is 15.2 Å². The number of hydrogen-bond acceptors (Lipinski definition) is 6. The Hall–Kier alpha value is -3.31.